The van der Waals surface area contributed by atoms with Crippen LogP contribution < -0.4 is 9.62 Å². The van der Waals surface area contributed by atoms with Gasteiger partial charge in [0.2, 0.25) is 21.8 Å². The van der Waals surface area contributed by atoms with E-state index in [4.69, 9.17) is 23.2 Å². The molecule has 196 valence electrons. The lowest BCUT2D eigenvalue weighted by Crippen LogP contribution is -2.53. The van der Waals surface area contributed by atoms with E-state index < -0.39 is 34.4 Å². The quantitative estimate of drug-likeness (QED) is 0.396. The van der Waals surface area contributed by atoms with Gasteiger partial charge in [-0.25, -0.2) is 8.42 Å². The van der Waals surface area contributed by atoms with Crippen molar-refractivity contribution in [2.24, 2.45) is 0 Å². The summed E-state index contributed by atoms with van der Waals surface area (Å²) in [5, 5.41) is 3.29. The Morgan fingerprint density at radius 2 is 1.51 bits per heavy atom. The Bertz CT molecular complexity index is 1330. The zero-order valence-corrected chi connectivity index (χ0v) is 23.1. The number of halogens is 2. The second-order valence-electron chi connectivity index (χ2n) is 8.65. The van der Waals surface area contributed by atoms with Crippen LogP contribution in [0.2, 0.25) is 10.0 Å². The van der Waals surface area contributed by atoms with E-state index in [0.717, 1.165) is 21.7 Å². The van der Waals surface area contributed by atoms with Crippen LogP contribution >= 0.6 is 23.2 Å². The number of nitrogens with zero attached hydrogens (tertiary/aromatic N) is 2. The number of aryl methyl sites for hydroxylation is 1. The smallest absolute Gasteiger partial charge is 0.244 e. The van der Waals surface area contributed by atoms with Crippen LogP contribution in [0.25, 0.3) is 0 Å². The molecule has 10 heteroatoms. The fraction of sp³-hybridized carbons (Fsp3) is 0.259. The van der Waals surface area contributed by atoms with Crippen LogP contribution in [0.1, 0.15) is 16.7 Å². The summed E-state index contributed by atoms with van der Waals surface area (Å²) in [7, 11) is -2.34. The van der Waals surface area contributed by atoms with Crippen LogP contribution in [-0.2, 0) is 32.6 Å². The molecule has 0 radical (unpaired) electrons. The highest BCUT2D eigenvalue weighted by molar-refractivity contribution is 7.92. The molecule has 1 unspecified atom stereocenters. The predicted molar refractivity (Wildman–Crippen MR) is 148 cm³/mol. The van der Waals surface area contributed by atoms with E-state index in [-0.39, 0.29) is 13.0 Å². The van der Waals surface area contributed by atoms with Gasteiger partial charge >= 0.3 is 0 Å². The molecule has 0 spiro atoms. The average molecular weight is 563 g/mol. The summed E-state index contributed by atoms with van der Waals surface area (Å²) in [4.78, 5) is 28.3. The number of amides is 2. The zero-order valence-electron chi connectivity index (χ0n) is 20.8. The van der Waals surface area contributed by atoms with Gasteiger partial charge in [-0.1, -0.05) is 77.3 Å². The van der Waals surface area contributed by atoms with Crippen LogP contribution in [0, 0.1) is 6.92 Å². The molecule has 0 aliphatic carbocycles. The molecule has 0 aliphatic rings. The highest BCUT2D eigenvalue weighted by Gasteiger charge is 2.33. The molecule has 0 heterocycles. The van der Waals surface area contributed by atoms with Crippen molar-refractivity contribution in [3.8, 4) is 0 Å². The highest BCUT2D eigenvalue weighted by Crippen LogP contribution is 2.28. The van der Waals surface area contributed by atoms with E-state index in [0.29, 0.717) is 21.3 Å². The first kappa shape index (κ1) is 28.5. The van der Waals surface area contributed by atoms with E-state index in [1.165, 1.54) is 11.9 Å². The molecule has 3 rings (SSSR count). The van der Waals surface area contributed by atoms with Gasteiger partial charge in [-0.05, 0) is 36.8 Å². The minimum atomic E-state index is -3.83. The molecule has 0 saturated heterocycles. The first-order chi connectivity index (χ1) is 17.5. The van der Waals surface area contributed by atoms with E-state index in [1.54, 1.807) is 42.5 Å². The van der Waals surface area contributed by atoms with Gasteiger partial charge in [-0.3, -0.25) is 13.9 Å². The minimum Gasteiger partial charge on any atom is -0.357 e. The Kier molecular flexibility index (Phi) is 9.59. The number of hydrogen-bond acceptors (Lipinski definition) is 4. The van der Waals surface area contributed by atoms with Crippen molar-refractivity contribution in [1.82, 2.24) is 10.2 Å². The molecule has 0 saturated carbocycles. The first-order valence-corrected chi connectivity index (χ1v) is 14.1. The Hall–Kier alpha value is -3.07. The molecular formula is C27H29Cl2N3O4S. The third kappa shape index (κ3) is 7.47. The van der Waals surface area contributed by atoms with E-state index in [9.17, 15) is 18.0 Å². The van der Waals surface area contributed by atoms with Crippen LogP contribution in [0.4, 0.5) is 5.69 Å². The summed E-state index contributed by atoms with van der Waals surface area (Å²) in [5.41, 5.74) is 2.58. The van der Waals surface area contributed by atoms with Gasteiger partial charge in [-0.2, -0.15) is 0 Å². The summed E-state index contributed by atoms with van der Waals surface area (Å²) in [6.45, 7) is 1.28. The summed E-state index contributed by atoms with van der Waals surface area (Å²) < 4.78 is 26.5. The number of carbonyl (C=O) groups excluding carboxylic acids is 2. The summed E-state index contributed by atoms with van der Waals surface area (Å²) in [6, 6.07) is 20.1. The topological polar surface area (TPSA) is 86.8 Å². The molecule has 3 aromatic rings. The Morgan fingerprint density at radius 3 is 2.05 bits per heavy atom. The Balaban J connectivity index is 2.06. The summed E-state index contributed by atoms with van der Waals surface area (Å²) in [6.07, 6.45) is 1.24. The van der Waals surface area contributed by atoms with Crippen molar-refractivity contribution in [3.05, 3.63) is 99.5 Å². The molecule has 0 bridgehead atoms. The van der Waals surface area contributed by atoms with Gasteiger partial charge < -0.3 is 10.2 Å². The average Bonchev–Trinajstić information content (AvgIpc) is 2.86. The van der Waals surface area contributed by atoms with E-state index >= 15 is 0 Å². The molecule has 1 atom stereocenters. The molecule has 0 aliphatic heterocycles. The maximum absolute atomic E-state index is 13.9. The number of likely N-dealkylation sites (N-methyl/N-ethyl adjacent to an activating group) is 1. The third-order valence-electron chi connectivity index (χ3n) is 5.91. The molecule has 2 amide bonds. The second kappa shape index (κ2) is 12.4. The zero-order chi connectivity index (χ0) is 27.2. The minimum absolute atomic E-state index is 0.0895. The Morgan fingerprint density at radius 1 is 0.919 bits per heavy atom. The van der Waals surface area contributed by atoms with Gasteiger partial charge in [0.15, 0.2) is 0 Å². The van der Waals surface area contributed by atoms with Gasteiger partial charge in [0.1, 0.15) is 12.6 Å². The van der Waals surface area contributed by atoms with Gasteiger partial charge in [0.05, 0.1) is 11.9 Å². The maximum Gasteiger partial charge on any atom is 0.244 e. The monoisotopic (exact) mass is 561 g/mol. The van der Waals surface area contributed by atoms with Crippen LogP contribution in [0.5, 0.6) is 0 Å². The van der Waals surface area contributed by atoms with Crippen LogP contribution in [0.3, 0.4) is 0 Å². The predicted octanol–water partition coefficient (Wildman–Crippen LogP) is 4.45. The van der Waals surface area contributed by atoms with E-state index in [1.807, 2.05) is 37.3 Å². The number of rotatable bonds is 10. The maximum atomic E-state index is 13.9. The number of sulfonamides is 1. The SMILES string of the molecule is CNC(=O)C(Cc1ccccc1)N(Cc1c(Cl)cccc1Cl)C(=O)CN(c1ccc(C)cc1)S(C)(=O)=O. The third-order valence-corrected chi connectivity index (χ3v) is 7.76. The lowest BCUT2D eigenvalue weighted by molar-refractivity contribution is -0.139. The Labute approximate surface area is 228 Å². The van der Waals surface area contributed by atoms with Crippen molar-refractivity contribution in [2.75, 3.05) is 24.2 Å². The molecule has 37 heavy (non-hydrogen) atoms. The van der Waals surface area contributed by atoms with Crippen molar-refractivity contribution < 1.29 is 18.0 Å². The number of nitrogens with one attached hydrogen (secondary N) is 1. The molecule has 3 aromatic carbocycles. The number of hydrogen-bond donors (Lipinski definition) is 1. The largest absolute Gasteiger partial charge is 0.357 e. The van der Waals surface area contributed by atoms with Crippen LogP contribution in [0.15, 0.2) is 72.8 Å². The van der Waals surface area contributed by atoms with Crippen molar-refractivity contribution >= 4 is 50.7 Å². The molecule has 0 aromatic heterocycles. The first-order valence-electron chi connectivity index (χ1n) is 11.5. The second-order valence-corrected chi connectivity index (χ2v) is 11.4. The number of benzene rings is 3. The van der Waals surface area contributed by atoms with Gasteiger partial charge in [-0.15, -0.1) is 0 Å². The highest BCUT2D eigenvalue weighted by atomic mass is 35.5. The van der Waals surface area contributed by atoms with Crippen molar-refractivity contribution in [1.29, 1.82) is 0 Å². The molecule has 0 fully saturated rings. The van der Waals surface area contributed by atoms with Crippen molar-refractivity contribution in [3.63, 3.8) is 0 Å². The summed E-state index contributed by atoms with van der Waals surface area (Å²) in [5.74, 6) is -0.979. The molecule has 7 nitrogen and oxygen atoms in total. The lowest BCUT2D eigenvalue weighted by atomic mass is 10.0. The fourth-order valence-corrected chi connectivity index (χ4v) is 5.27. The number of carbonyl (C=O) groups is 2. The number of anilines is 1. The normalized spacial score (nSPS) is 12.0. The van der Waals surface area contributed by atoms with E-state index in [2.05, 4.69) is 5.32 Å². The molecule has 1 N–H and O–H groups in total. The lowest BCUT2D eigenvalue weighted by Gasteiger charge is -2.33. The molecular weight excluding hydrogens is 533 g/mol. The summed E-state index contributed by atoms with van der Waals surface area (Å²) >= 11 is 12.8. The fourth-order valence-electron chi connectivity index (χ4n) is 3.90. The standard InChI is InChI=1S/C27H29Cl2N3O4S/c1-19-12-14-21(15-13-19)32(37(3,35)36)18-26(33)31(17-22-23(28)10-7-11-24(22)29)25(27(34)30-2)16-20-8-5-4-6-9-20/h4-15,25H,16-18H2,1-3H3,(H,30,34). The van der Waals surface area contributed by atoms with Crippen LogP contribution in [-0.4, -0.2) is 51.0 Å². The van der Waals surface area contributed by atoms with Gasteiger partial charge in [0, 0.05) is 35.6 Å². The van der Waals surface area contributed by atoms with Gasteiger partial charge in [0.25, 0.3) is 0 Å². The van der Waals surface area contributed by atoms with Crippen molar-refractivity contribution in [2.45, 2.75) is 25.9 Å².